The largest absolute Gasteiger partial charge is 0.483 e. The zero-order chi connectivity index (χ0) is 22.4. The number of amides is 2. The highest BCUT2D eigenvalue weighted by molar-refractivity contribution is 5.95. The summed E-state index contributed by atoms with van der Waals surface area (Å²) >= 11 is 0. The van der Waals surface area contributed by atoms with Gasteiger partial charge in [-0.1, -0.05) is 30.3 Å². The second kappa shape index (κ2) is 9.98. The summed E-state index contributed by atoms with van der Waals surface area (Å²) in [5, 5.41) is 6.89. The number of benzene rings is 1. The Hall–Kier alpha value is -3.53. The summed E-state index contributed by atoms with van der Waals surface area (Å²) in [6.45, 7) is 3.23. The van der Waals surface area contributed by atoms with Gasteiger partial charge in [-0.3, -0.25) is 14.4 Å². The number of hydrogen-bond donors (Lipinski definition) is 2. The number of rotatable bonds is 3. The van der Waals surface area contributed by atoms with Crippen LogP contribution in [-0.2, 0) is 20.9 Å². The van der Waals surface area contributed by atoms with E-state index in [1.807, 2.05) is 35.2 Å². The van der Waals surface area contributed by atoms with Crippen LogP contribution in [0.3, 0.4) is 0 Å². The van der Waals surface area contributed by atoms with Crippen molar-refractivity contribution in [1.29, 1.82) is 0 Å². The molecule has 0 radical (unpaired) electrons. The minimum absolute atomic E-state index is 0.0534. The molecule has 4 rings (SSSR count). The summed E-state index contributed by atoms with van der Waals surface area (Å²) in [6.07, 6.45) is 1.62. The quantitative estimate of drug-likeness (QED) is 0.683. The van der Waals surface area contributed by atoms with Gasteiger partial charge in [-0.25, -0.2) is 9.97 Å². The highest BCUT2D eigenvalue weighted by Gasteiger charge is 2.43. The van der Waals surface area contributed by atoms with Crippen LogP contribution >= 0.6 is 0 Å². The molecule has 3 heterocycles. The Balaban J connectivity index is 0.000000858. The second-order valence-electron chi connectivity index (χ2n) is 7.28. The van der Waals surface area contributed by atoms with Gasteiger partial charge in [0.25, 0.3) is 12.4 Å². The zero-order valence-electron chi connectivity index (χ0n) is 17.2. The van der Waals surface area contributed by atoms with Crippen molar-refractivity contribution in [3.8, 4) is 0 Å². The standard InChI is InChI=1S/C20H23N5O3.CH2O2/c1-13-15(9-22-20(21)23-13)19(27)24-11-16-17(12-24)28-8-7-18(26)25(16)10-14-5-3-2-4-6-14;2-1-3/h2-6,9,16-17H,7-8,10-12H2,1H3,(H2,21,22,23);1H,(H,2,3)/t16-,17-;/m0./s1. The van der Waals surface area contributed by atoms with Gasteiger partial charge >= 0.3 is 0 Å². The van der Waals surface area contributed by atoms with Crippen LogP contribution in [-0.4, -0.2) is 75.0 Å². The topological polar surface area (TPSA) is 139 Å². The van der Waals surface area contributed by atoms with Crippen molar-refractivity contribution >= 4 is 24.2 Å². The van der Waals surface area contributed by atoms with Gasteiger partial charge in [0.05, 0.1) is 36.4 Å². The zero-order valence-corrected chi connectivity index (χ0v) is 17.2. The number of likely N-dealkylation sites (tertiary alicyclic amines) is 1. The number of hydrogen-bond acceptors (Lipinski definition) is 7. The fourth-order valence-corrected chi connectivity index (χ4v) is 3.86. The van der Waals surface area contributed by atoms with Crippen LogP contribution in [0.25, 0.3) is 0 Å². The molecule has 3 N–H and O–H groups in total. The van der Waals surface area contributed by atoms with Crippen molar-refractivity contribution in [3.05, 3.63) is 53.3 Å². The molecule has 2 aliphatic heterocycles. The van der Waals surface area contributed by atoms with E-state index in [4.69, 9.17) is 20.4 Å². The molecule has 2 saturated heterocycles. The van der Waals surface area contributed by atoms with Crippen molar-refractivity contribution in [3.63, 3.8) is 0 Å². The molecule has 0 unspecified atom stereocenters. The number of aromatic nitrogens is 2. The van der Waals surface area contributed by atoms with Crippen molar-refractivity contribution in [2.45, 2.75) is 32.0 Å². The fraction of sp³-hybridized carbons (Fsp3) is 0.381. The van der Waals surface area contributed by atoms with Crippen molar-refractivity contribution in [1.82, 2.24) is 19.8 Å². The number of nitrogens with zero attached hydrogens (tertiary/aromatic N) is 4. The SMILES string of the molecule is Cc1nc(N)ncc1C(=O)N1C[C@@H]2OCCC(=O)N(Cc3ccccc3)[C@H]2C1.O=CO. The lowest BCUT2D eigenvalue weighted by Crippen LogP contribution is -2.45. The Morgan fingerprint density at radius 2 is 2.03 bits per heavy atom. The van der Waals surface area contributed by atoms with Gasteiger partial charge in [-0.05, 0) is 12.5 Å². The van der Waals surface area contributed by atoms with Crippen LogP contribution in [0.15, 0.2) is 36.5 Å². The van der Waals surface area contributed by atoms with E-state index in [2.05, 4.69) is 9.97 Å². The van der Waals surface area contributed by atoms with Crippen LogP contribution < -0.4 is 5.73 Å². The molecule has 10 nitrogen and oxygen atoms in total. The van der Waals surface area contributed by atoms with Crippen molar-refractivity contribution in [2.24, 2.45) is 0 Å². The van der Waals surface area contributed by atoms with E-state index < -0.39 is 0 Å². The number of carbonyl (C=O) groups excluding carboxylic acids is 2. The van der Waals surface area contributed by atoms with Gasteiger partial charge in [-0.15, -0.1) is 0 Å². The molecule has 0 saturated carbocycles. The van der Waals surface area contributed by atoms with Crippen LogP contribution in [0.2, 0.25) is 0 Å². The number of carbonyl (C=O) groups is 3. The molecule has 10 heteroatoms. The third-order valence-corrected chi connectivity index (χ3v) is 5.32. The average molecular weight is 427 g/mol. The lowest BCUT2D eigenvalue weighted by atomic mass is 10.1. The third-order valence-electron chi connectivity index (χ3n) is 5.32. The first kappa shape index (κ1) is 22.2. The van der Waals surface area contributed by atoms with Gasteiger partial charge in [0.15, 0.2) is 0 Å². The van der Waals surface area contributed by atoms with E-state index in [-0.39, 0.29) is 36.4 Å². The van der Waals surface area contributed by atoms with Gasteiger partial charge in [0, 0.05) is 25.8 Å². The first-order valence-electron chi connectivity index (χ1n) is 9.85. The molecule has 31 heavy (non-hydrogen) atoms. The predicted molar refractivity (Wildman–Crippen MR) is 111 cm³/mol. The normalized spacial score (nSPS) is 20.4. The Kier molecular flexibility index (Phi) is 7.14. The monoisotopic (exact) mass is 427 g/mol. The van der Waals surface area contributed by atoms with Crippen molar-refractivity contribution < 1.29 is 24.2 Å². The minimum atomic E-state index is -0.250. The molecule has 2 amide bonds. The molecule has 1 aromatic carbocycles. The summed E-state index contributed by atoms with van der Waals surface area (Å²) in [4.78, 5) is 45.7. The van der Waals surface area contributed by atoms with Crippen LogP contribution in [0.5, 0.6) is 0 Å². The lowest BCUT2D eigenvalue weighted by molar-refractivity contribution is -0.133. The predicted octanol–water partition coefficient (Wildman–Crippen LogP) is 0.710. The average Bonchev–Trinajstić information content (AvgIpc) is 3.11. The first-order valence-corrected chi connectivity index (χ1v) is 9.85. The Labute approximate surface area is 179 Å². The Morgan fingerprint density at radius 3 is 2.71 bits per heavy atom. The van der Waals surface area contributed by atoms with Crippen molar-refractivity contribution in [2.75, 3.05) is 25.4 Å². The highest BCUT2D eigenvalue weighted by atomic mass is 16.5. The van der Waals surface area contributed by atoms with E-state index in [1.165, 1.54) is 6.20 Å². The van der Waals surface area contributed by atoms with Gasteiger partial charge < -0.3 is 25.4 Å². The maximum atomic E-state index is 13.0. The molecule has 1 aromatic heterocycles. The van der Waals surface area contributed by atoms with E-state index in [0.29, 0.717) is 43.9 Å². The first-order chi connectivity index (χ1) is 14.9. The van der Waals surface area contributed by atoms with E-state index in [1.54, 1.807) is 11.8 Å². The molecule has 2 aliphatic rings. The smallest absolute Gasteiger partial charge is 0.290 e. The number of fused-ring (bicyclic) bond motifs is 1. The van der Waals surface area contributed by atoms with Gasteiger partial charge in [0.1, 0.15) is 0 Å². The molecule has 2 fully saturated rings. The number of carboxylic acid groups (broad SMARTS) is 1. The maximum Gasteiger partial charge on any atom is 0.290 e. The van der Waals surface area contributed by atoms with Gasteiger partial charge in [0.2, 0.25) is 11.9 Å². The Morgan fingerprint density at radius 1 is 1.32 bits per heavy atom. The summed E-state index contributed by atoms with van der Waals surface area (Å²) in [5.41, 5.74) is 7.62. The maximum absolute atomic E-state index is 13.0. The summed E-state index contributed by atoms with van der Waals surface area (Å²) in [5.74, 6) is 0.0301. The molecule has 2 atom stereocenters. The molecule has 0 spiro atoms. The fourth-order valence-electron chi connectivity index (χ4n) is 3.86. The third kappa shape index (κ3) is 5.15. The second-order valence-corrected chi connectivity index (χ2v) is 7.28. The van der Waals surface area contributed by atoms with Crippen LogP contribution in [0, 0.1) is 6.92 Å². The molecular weight excluding hydrogens is 402 g/mol. The summed E-state index contributed by atoms with van der Waals surface area (Å²) in [7, 11) is 0. The molecule has 2 aromatic rings. The van der Waals surface area contributed by atoms with Gasteiger partial charge in [-0.2, -0.15) is 0 Å². The molecule has 0 bridgehead atoms. The molecule has 164 valence electrons. The van der Waals surface area contributed by atoms with E-state index in [9.17, 15) is 9.59 Å². The number of anilines is 1. The minimum Gasteiger partial charge on any atom is -0.483 e. The Bertz CT molecular complexity index is 939. The number of nitrogens with two attached hydrogens (primary N) is 1. The van der Waals surface area contributed by atoms with E-state index in [0.717, 1.165) is 5.56 Å². The lowest BCUT2D eigenvalue weighted by Gasteiger charge is -2.29. The van der Waals surface area contributed by atoms with E-state index >= 15 is 0 Å². The summed E-state index contributed by atoms with van der Waals surface area (Å²) < 4.78 is 5.92. The molecule has 0 aliphatic carbocycles. The number of nitrogen functional groups attached to an aromatic ring is 1. The number of ether oxygens (including phenoxy) is 1. The highest BCUT2D eigenvalue weighted by Crippen LogP contribution is 2.26. The molecular formula is C21H25N5O5. The van der Waals surface area contributed by atoms with Crippen LogP contribution in [0.1, 0.15) is 28.0 Å². The summed E-state index contributed by atoms with van der Waals surface area (Å²) in [6, 6.07) is 9.70. The van der Waals surface area contributed by atoms with Crippen LogP contribution in [0.4, 0.5) is 5.95 Å². The number of aryl methyl sites for hydroxylation is 1.